The van der Waals surface area contributed by atoms with Crippen LogP contribution in [0.15, 0.2) is 30.3 Å². The van der Waals surface area contributed by atoms with Crippen LogP contribution >= 0.6 is 0 Å². The zero-order valence-corrected chi connectivity index (χ0v) is 11.8. The van der Waals surface area contributed by atoms with Crippen molar-refractivity contribution in [1.29, 1.82) is 0 Å². The minimum atomic E-state index is 0.389. The molecule has 3 nitrogen and oxygen atoms in total. The fraction of sp³-hybridized carbons (Fsp3) is 0.625. The van der Waals surface area contributed by atoms with Gasteiger partial charge in [0.05, 0.1) is 0 Å². The molecule has 3 N–H and O–H groups in total. The smallest absolute Gasteiger partial charge is 0.0193 e. The van der Waals surface area contributed by atoms with Gasteiger partial charge in [0.2, 0.25) is 0 Å². The van der Waals surface area contributed by atoms with Crippen LogP contribution in [0.5, 0.6) is 0 Å². The summed E-state index contributed by atoms with van der Waals surface area (Å²) in [5, 5.41) is 3.71. The van der Waals surface area contributed by atoms with Crippen molar-refractivity contribution in [3.05, 3.63) is 35.9 Å². The molecule has 2 aliphatic rings. The van der Waals surface area contributed by atoms with Crippen molar-refractivity contribution in [2.45, 2.75) is 43.8 Å². The molecule has 2 unspecified atom stereocenters. The number of likely N-dealkylation sites (tertiary alicyclic amines) is 1. The van der Waals surface area contributed by atoms with Crippen LogP contribution in [0.2, 0.25) is 0 Å². The minimum absolute atomic E-state index is 0.389. The Balaban J connectivity index is 1.42. The zero-order chi connectivity index (χ0) is 13.2. The highest BCUT2D eigenvalue weighted by atomic mass is 15.2. The SMILES string of the molecule is CC(CN[C@@H]1C[C@H]1c1ccccc1)N1CCC(N)C1. The topological polar surface area (TPSA) is 41.3 Å². The van der Waals surface area contributed by atoms with Gasteiger partial charge in [0, 0.05) is 43.7 Å². The Bertz CT molecular complexity index is 406. The lowest BCUT2D eigenvalue weighted by Crippen LogP contribution is -2.41. The molecule has 104 valence electrons. The molecule has 1 aliphatic heterocycles. The second-order valence-electron chi connectivity index (χ2n) is 6.16. The predicted molar refractivity (Wildman–Crippen MR) is 79.2 cm³/mol. The predicted octanol–water partition coefficient (Wildman–Crippen LogP) is 1.55. The van der Waals surface area contributed by atoms with Crippen molar-refractivity contribution in [3.8, 4) is 0 Å². The molecule has 4 atom stereocenters. The highest BCUT2D eigenvalue weighted by molar-refractivity contribution is 5.27. The summed E-state index contributed by atoms with van der Waals surface area (Å²) in [6.45, 7) is 5.62. The van der Waals surface area contributed by atoms with E-state index in [9.17, 15) is 0 Å². The molecule has 0 bridgehead atoms. The van der Waals surface area contributed by atoms with Gasteiger partial charge in [-0.1, -0.05) is 30.3 Å². The first-order valence-electron chi connectivity index (χ1n) is 7.52. The lowest BCUT2D eigenvalue weighted by Gasteiger charge is -2.24. The summed E-state index contributed by atoms with van der Waals surface area (Å²) < 4.78 is 0. The Labute approximate surface area is 116 Å². The number of nitrogens with one attached hydrogen (secondary N) is 1. The Kier molecular flexibility index (Phi) is 3.87. The van der Waals surface area contributed by atoms with Gasteiger partial charge >= 0.3 is 0 Å². The number of hydrogen-bond donors (Lipinski definition) is 2. The molecule has 3 heteroatoms. The first kappa shape index (κ1) is 13.1. The summed E-state index contributed by atoms with van der Waals surface area (Å²) in [6.07, 6.45) is 2.44. The summed E-state index contributed by atoms with van der Waals surface area (Å²) in [5.41, 5.74) is 7.45. The lowest BCUT2D eigenvalue weighted by atomic mass is 10.1. The van der Waals surface area contributed by atoms with Crippen LogP contribution in [0, 0.1) is 0 Å². The van der Waals surface area contributed by atoms with Crippen LogP contribution < -0.4 is 11.1 Å². The summed E-state index contributed by atoms with van der Waals surface area (Å²) in [4.78, 5) is 2.51. The fourth-order valence-corrected chi connectivity index (χ4v) is 3.16. The molecule has 0 spiro atoms. The number of benzene rings is 1. The summed E-state index contributed by atoms with van der Waals surface area (Å²) >= 11 is 0. The molecule has 1 heterocycles. The van der Waals surface area contributed by atoms with E-state index in [1.807, 2.05) is 0 Å². The van der Waals surface area contributed by atoms with E-state index in [1.54, 1.807) is 0 Å². The highest BCUT2D eigenvalue weighted by Gasteiger charge is 2.38. The van der Waals surface area contributed by atoms with Crippen LogP contribution in [0.3, 0.4) is 0 Å². The Morgan fingerprint density at radius 1 is 1.37 bits per heavy atom. The van der Waals surface area contributed by atoms with Crippen LogP contribution in [-0.2, 0) is 0 Å². The molecule has 1 saturated heterocycles. The van der Waals surface area contributed by atoms with Gasteiger partial charge in [-0.15, -0.1) is 0 Å². The van der Waals surface area contributed by atoms with Crippen LogP contribution in [-0.4, -0.2) is 42.7 Å². The van der Waals surface area contributed by atoms with E-state index in [1.165, 1.54) is 12.0 Å². The van der Waals surface area contributed by atoms with Gasteiger partial charge in [0.25, 0.3) is 0 Å². The maximum atomic E-state index is 5.97. The summed E-state index contributed by atoms with van der Waals surface area (Å²) in [6, 6.07) is 12.5. The Hall–Kier alpha value is -0.900. The third-order valence-corrected chi connectivity index (χ3v) is 4.57. The molecule has 2 fully saturated rings. The number of hydrogen-bond acceptors (Lipinski definition) is 3. The Morgan fingerprint density at radius 3 is 2.84 bits per heavy atom. The van der Waals surface area contributed by atoms with Gasteiger partial charge in [-0.2, -0.15) is 0 Å². The number of nitrogens with zero attached hydrogens (tertiary/aromatic N) is 1. The van der Waals surface area contributed by atoms with Gasteiger partial charge < -0.3 is 11.1 Å². The van der Waals surface area contributed by atoms with Crippen molar-refractivity contribution in [3.63, 3.8) is 0 Å². The molecule has 0 amide bonds. The van der Waals surface area contributed by atoms with Crippen molar-refractivity contribution >= 4 is 0 Å². The van der Waals surface area contributed by atoms with E-state index >= 15 is 0 Å². The molecular weight excluding hydrogens is 234 g/mol. The van der Waals surface area contributed by atoms with E-state index in [-0.39, 0.29) is 0 Å². The molecule has 0 aromatic heterocycles. The maximum absolute atomic E-state index is 5.97. The van der Waals surface area contributed by atoms with Crippen molar-refractivity contribution in [2.24, 2.45) is 5.73 Å². The first-order valence-corrected chi connectivity index (χ1v) is 7.52. The van der Waals surface area contributed by atoms with Crippen LogP contribution in [0.1, 0.15) is 31.2 Å². The van der Waals surface area contributed by atoms with Crippen molar-refractivity contribution in [2.75, 3.05) is 19.6 Å². The second-order valence-corrected chi connectivity index (χ2v) is 6.16. The molecule has 19 heavy (non-hydrogen) atoms. The zero-order valence-electron chi connectivity index (χ0n) is 11.8. The molecule has 0 radical (unpaired) electrons. The minimum Gasteiger partial charge on any atom is -0.326 e. The van der Waals surface area contributed by atoms with Crippen LogP contribution in [0.4, 0.5) is 0 Å². The van der Waals surface area contributed by atoms with E-state index in [0.717, 1.165) is 32.0 Å². The molecule has 1 aromatic carbocycles. The van der Waals surface area contributed by atoms with Gasteiger partial charge in [0.1, 0.15) is 0 Å². The van der Waals surface area contributed by atoms with E-state index in [2.05, 4.69) is 47.5 Å². The monoisotopic (exact) mass is 259 g/mol. The van der Waals surface area contributed by atoms with E-state index in [4.69, 9.17) is 5.73 Å². The molecule has 3 rings (SSSR count). The molecule has 1 aromatic rings. The average Bonchev–Trinajstić information content (AvgIpc) is 3.09. The Morgan fingerprint density at radius 2 is 2.16 bits per heavy atom. The molecule has 1 saturated carbocycles. The maximum Gasteiger partial charge on any atom is 0.0193 e. The third kappa shape index (κ3) is 3.16. The average molecular weight is 259 g/mol. The van der Waals surface area contributed by atoms with Gasteiger partial charge in [0.15, 0.2) is 0 Å². The van der Waals surface area contributed by atoms with E-state index in [0.29, 0.717) is 18.1 Å². The van der Waals surface area contributed by atoms with Crippen LogP contribution in [0.25, 0.3) is 0 Å². The van der Waals surface area contributed by atoms with Crippen molar-refractivity contribution in [1.82, 2.24) is 10.2 Å². The normalized spacial score (nSPS) is 32.4. The van der Waals surface area contributed by atoms with Gasteiger partial charge in [-0.25, -0.2) is 0 Å². The van der Waals surface area contributed by atoms with E-state index < -0.39 is 0 Å². The quantitative estimate of drug-likeness (QED) is 0.843. The van der Waals surface area contributed by atoms with Gasteiger partial charge in [-0.05, 0) is 25.3 Å². The second kappa shape index (κ2) is 5.61. The highest BCUT2D eigenvalue weighted by Crippen LogP contribution is 2.40. The molecule has 1 aliphatic carbocycles. The van der Waals surface area contributed by atoms with Crippen molar-refractivity contribution < 1.29 is 0 Å². The summed E-state index contributed by atoms with van der Waals surface area (Å²) in [7, 11) is 0. The fourth-order valence-electron chi connectivity index (χ4n) is 3.16. The number of nitrogens with two attached hydrogens (primary N) is 1. The number of rotatable bonds is 5. The third-order valence-electron chi connectivity index (χ3n) is 4.57. The first-order chi connectivity index (χ1) is 9.24. The largest absolute Gasteiger partial charge is 0.326 e. The van der Waals surface area contributed by atoms with Gasteiger partial charge in [-0.3, -0.25) is 4.90 Å². The molecular formula is C16H25N3. The lowest BCUT2D eigenvalue weighted by molar-refractivity contribution is 0.248. The summed E-state index contributed by atoms with van der Waals surface area (Å²) in [5.74, 6) is 0.731. The standard InChI is InChI=1S/C16H25N3/c1-12(19-8-7-14(17)11-19)10-18-16-9-15(16)13-5-3-2-4-6-13/h2-6,12,14-16,18H,7-11,17H2,1H3/t12?,14?,15-,16+/m0/s1.